The van der Waals surface area contributed by atoms with Gasteiger partial charge in [0.15, 0.2) is 6.61 Å². The van der Waals surface area contributed by atoms with Crippen LogP contribution in [0, 0.1) is 0 Å². The van der Waals surface area contributed by atoms with E-state index in [0.29, 0.717) is 5.56 Å². The third kappa shape index (κ3) is 6.83. The van der Waals surface area contributed by atoms with Crippen LogP contribution in [0.3, 0.4) is 0 Å². The van der Waals surface area contributed by atoms with Crippen LogP contribution < -0.4 is 9.46 Å². The summed E-state index contributed by atoms with van der Waals surface area (Å²) in [7, 11) is -4.20. The first-order valence-corrected chi connectivity index (χ1v) is 12.3. The number of benzene rings is 3. The molecule has 1 atom stereocenters. The Balaban J connectivity index is 1.99. The van der Waals surface area contributed by atoms with E-state index in [2.05, 4.69) is 4.72 Å². The van der Waals surface area contributed by atoms with Crippen molar-refractivity contribution in [2.24, 2.45) is 0 Å². The molecule has 0 spiro atoms. The first-order chi connectivity index (χ1) is 17.4. The summed E-state index contributed by atoms with van der Waals surface area (Å²) in [6.45, 7) is -1.29. The second-order valence-corrected chi connectivity index (χ2v) is 9.77. The number of hydrogen-bond acceptors (Lipinski definition) is 4. The van der Waals surface area contributed by atoms with E-state index < -0.39 is 53.7 Å². The minimum atomic E-state index is -4.63. The van der Waals surface area contributed by atoms with Crippen LogP contribution in [0.1, 0.15) is 35.2 Å². The highest BCUT2D eigenvalue weighted by atomic mass is 32.2. The number of carboxylic acid groups (broad SMARTS) is 1. The number of nitrogens with one attached hydrogen (secondary N) is 1. The second-order valence-electron chi connectivity index (χ2n) is 8.06. The third-order valence-electron chi connectivity index (χ3n) is 5.46. The molecule has 0 aromatic heterocycles. The quantitative estimate of drug-likeness (QED) is 0.315. The van der Waals surface area contributed by atoms with Crippen LogP contribution in [-0.4, -0.2) is 26.1 Å². The summed E-state index contributed by atoms with van der Waals surface area (Å²) in [6.07, 6.45) is -4.63. The summed E-state index contributed by atoms with van der Waals surface area (Å²) in [5, 5.41) is 8.94. The molecule has 0 amide bonds. The maximum absolute atomic E-state index is 13.3. The van der Waals surface area contributed by atoms with E-state index in [0.717, 1.165) is 24.3 Å². The van der Waals surface area contributed by atoms with Crippen LogP contribution in [0.2, 0.25) is 0 Å². The lowest BCUT2D eigenvalue weighted by Gasteiger charge is -2.19. The zero-order valence-electron chi connectivity index (χ0n) is 19.4. The Hall–Kier alpha value is -3.51. The lowest BCUT2D eigenvalue weighted by molar-refractivity contribution is -0.139. The predicted molar refractivity (Wildman–Crippen MR) is 125 cm³/mol. The van der Waals surface area contributed by atoms with Gasteiger partial charge in [-0.05, 0) is 65.6 Å². The molecular formula is C25H22F5NO5S. The SMILES string of the molecule is CC(NS(=O)(=O)c1ccc(CF)c(CF)c1)c1ccc(OCC(=O)O)c(-c2cccc(C(F)(F)F)c2)c1. The van der Waals surface area contributed by atoms with E-state index in [9.17, 15) is 35.2 Å². The van der Waals surface area contributed by atoms with Crippen molar-refractivity contribution in [2.75, 3.05) is 6.61 Å². The summed E-state index contributed by atoms with van der Waals surface area (Å²) in [6, 6.07) is 10.9. The van der Waals surface area contributed by atoms with Crippen molar-refractivity contribution in [3.8, 4) is 16.9 Å². The highest BCUT2D eigenvalue weighted by molar-refractivity contribution is 7.89. The summed E-state index contributed by atoms with van der Waals surface area (Å²) >= 11 is 0. The highest BCUT2D eigenvalue weighted by Gasteiger charge is 2.31. The van der Waals surface area contributed by atoms with Gasteiger partial charge in [0, 0.05) is 11.6 Å². The smallest absolute Gasteiger partial charge is 0.416 e. The van der Waals surface area contributed by atoms with Gasteiger partial charge >= 0.3 is 12.1 Å². The van der Waals surface area contributed by atoms with Crippen molar-refractivity contribution in [1.82, 2.24) is 4.72 Å². The zero-order valence-corrected chi connectivity index (χ0v) is 20.2. The van der Waals surface area contributed by atoms with E-state index in [1.165, 1.54) is 43.3 Å². The molecule has 37 heavy (non-hydrogen) atoms. The van der Waals surface area contributed by atoms with Gasteiger partial charge in [-0.15, -0.1) is 0 Å². The Morgan fingerprint density at radius 3 is 2.32 bits per heavy atom. The fourth-order valence-electron chi connectivity index (χ4n) is 3.56. The second kappa shape index (κ2) is 11.3. The summed E-state index contributed by atoms with van der Waals surface area (Å²) in [5.74, 6) is -1.32. The monoisotopic (exact) mass is 543 g/mol. The van der Waals surface area contributed by atoms with Gasteiger partial charge in [-0.2, -0.15) is 13.2 Å². The number of sulfonamides is 1. The molecule has 2 N–H and O–H groups in total. The average Bonchev–Trinajstić information content (AvgIpc) is 2.86. The van der Waals surface area contributed by atoms with E-state index in [1.54, 1.807) is 0 Å². The lowest BCUT2D eigenvalue weighted by atomic mass is 9.98. The van der Waals surface area contributed by atoms with Crippen molar-refractivity contribution in [2.45, 2.75) is 37.4 Å². The molecule has 0 aliphatic carbocycles. The van der Waals surface area contributed by atoms with Crippen LogP contribution >= 0.6 is 0 Å². The molecule has 0 heterocycles. The predicted octanol–water partition coefficient (Wildman–Crippen LogP) is 5.81. The molecule has 0 aliphatic rings. The average molecular weight is 544 g/mol. The van der Waals surface area contributed by atoms with Gasteiger partial charge in [-0.1, -0.05) is 24.3 Å². The van der Waals surface area contributed by atoms with Crippen LogP contribution in [0.15, 0.2) is 65.6 Å². The molecule has 6 nitrogen and oxygen atoms in total. The van der Waals surface area contributed by atoms with Gasteiger partial charge in [0.05, 0.1) is 10.5 Å². The number of alkyl halides is 5. The fourth-order valence-corrected chi connectivity index (χ4v) is 4.85. The fraction of sp³-hybridized carbons (Fsp3) is 0.240. The van der Waals surface area contributed by atoms with Crippen LogP contribution in [0.4, 0.5) is 22.0 Å². The molecule has 3 aromatic carbocycles. The van der Waals surface area contributed by atoms with E-state index in [-0.39, 0.29) is 32.9 Å². The number of hydrogen-bond donors (Lipinski definition) is 2. The Morgan fingerprint density at radius 1 is 1.00 bits per heavy atom. The molecule has 0 saturated heterocycles. The maximum Gasteiger partial charge on any atom is 0.416 e. The van der Waals surface area contributed by atoms with Gasteiger partial charge < -0.3 is 9.84 Å². The molecule has 0 bridgehead atoms. The Bertz CT molecular complexity index is 1390. The number of carbonyl (C=O) groups is 1. The van der Waals surface area contributed by atoms with Crippen molar-refractivity contribution < 1.29 is 45.0 Å². The molecule has 0 fully saturated rings. The number of rotatable bonds is 10. The summed E-state index contributed by atoms with van der Waals surface area (Å²) < 4.78 is 99.5. The largest absolute Gasteiger partial charge is 0.481 e. The molecule has 0 radical (unpaired) electrons. The zero-order chi connectivity index (χ0) is 27.4. The number of ether oxygens (including phenoxy) is 1. The Morgan fingerprint density at radius 2 is 1.70 bits per heavy atom. The van der Waals surface area contributed by atoms with E-state index in [4.69, 9.17) is 9.84 Å². The van der Waals surface area contributed by atoms with Gasteiger partial charge in [0.25, 0.3) is 0 Å². The highest BCUT2D eigenvalue weighted by Crippen LogP contribution is 2.37. The first-order valence-electron chi connectivity index (χ1n) is 10.8. The molecule has 1 unspecified atom stereocenters. The molecular weight excluding hydrogens is 521 g/mol. The van der Waals surface area contributed by atoms with Crippen LogP contribution in [-0.2, 0) is 34.3 Å². The van der Waals surface area contributed by atoms with Crippen LogP contribution in [0.5, 0.6) is 5.75 Å². The van der Waals surface area contributed by atoms with Gasteiger partial charge in [-0.3, -0.25) is 0 Å². The number of aliphatic carboxylic acids is 1. The molecule has 3 aromatic rings. The van der Waals surface area contributed by atoms with Crippen molar-refractivity contribution in [1.29, 1.82) is 0 Å². The minimum absolute atomic E-state index is 0.0186. The molecule has 12 heteroatoms. The van der Waals surface area contributed by atoms with Crippen molar-refractivity contribution >= 4 is 16.0 Å². The topological polar surface area (TPSA) is 92.7 Å². The minimum Gasteiger partial charge on any atom is -0.481 e. The van der Waals surface area contributed by atoms with E-state index >= 15 is 0 Å². The Kier molecular flexibility index (Phi) is 8.54. The van der Waals surface area contributed by atoms with Gasteiger partial charge in [-0.25, -0.2) is 26.7 Å². The van der Waals surface area contributed by atoms with Crippen LogP contribution in [0.25, 0.3) is 11.1 Å². The van der Waals surface area contributed by atoms with Crippen molar-refractivity contribution in [3.05, 3.63) is 82.9 Å². The maximum atomic E-state index is 13.3. The normalized spacial score (nSPS) is 12.8. The molecule has 0 aliphatic heterocycles. The summed E-state index contributed by atoms with van der Waals surface area (Å²) in [4.78, 5) is 10.7. The van der Waals surface area contributed by atoms with Gasteiger partial charge in [0.1, 0.15) is 19.1 Å². The molecule has 198 valence electrons. The number of carboxylic acids is 1. The van der Waals surface area contributed by atoms with Crippen molar-refractivity contribution in [3.63, 3.8) is 0 Å². The summed E-state index contributed by atoms with van der Waals surface area (Å²) in [5.41, 5.74) is -0.509. The number of halogens is 5. The first kappa shape index (κ1) is 28.1. The molecule has 3 rings (SSSR count). The van der Waals surface area contributed by atoms with E-state index in [1.807, 2.05) is 0 Å². The third-order valence-corrected chi connectivity index (χ3v) is 7.00. The lowest BCUT2D eigenvalue weighted by Crippen LogP contribution is -2.27. The molecule has 0 saturated carbocycles. The van der Waals surface area contributed by atoms with Gasteiger partial charge in [0.2, 0.25) is 10.0 Å². The Labute approximate surface area is 209 Å². The standard InChI is InChI=1S/C25H22F5NO5S/c1-15(31-37(34,35)21-7-5-18(12-26)19(10-21)13-27)16-6-8-23(36-14-24(32)33)22(11-16)17-3-2-4-20(9-17)25(28,29)30/h2-11,15,31H,12-14H2,1H3,(H,32,33).